The van der Waals surface area contributed by atoms with Gasteiger partial charge in [0.05, 0.1) is 19.1 Å². The van der Waals surface area contributed by atoms with Gasteiger partial charge in [-0.15, -0.1) is 0 Å². The van der Waals surface area contributed by atoms with Crippen molar-refractivity contribution in [3.63, 3.8) is 0 Å². The van der Waals surface area contributed by atoms with Gasteiger partial charge in [0.25, 0.3) is 5.91 Å². The third-order valence-corrected chi connectivity index (χ3v) is 5.78. The Balaban J connectivity index is 1.61. The highest BCUT2D eigenvalue weighted by atomic mass is 16.5. The number of aromatic nitrogens is 2. The van der Waals surface area contributed by atoms with Gasteiger partial charge >= 0.3 is 0 Å². The summed E-state index contributed by atoms with van der Waals surface area (Å²) in [5.74, 6) is 1.43. The van der Waals surface area contributed by atoms with Gasteiger partial charge in [-0.2, -0.15) is 0 Å². The molecule has 6 nitrogen and oxygen atoms in total. The van der Waals surface area contributed by atoms with Crippen LogP contribution in [0.1, 0.15) is 41.0 Å². The number of carbonyl (C=O) groups is 1. The first kappa shape index (κ1) is 20.0. The molecule has 4 rings (SSSR count). The smallest absolute Gasteiger partial charge is 0.264 e. The Morgan fingerprint density at radius 3 is 2.57 bits per heavy atom. The predicted octanol–water partition coefficient (Wildman–Crippen LogP) is 3.98. The number of methoxy groups -OCH3 is 1. The van der Waals surface area contributed by atoms with Crippen molar-refractivity contribution >= 4 is 5.91 Å². The summed E-state index contributed by atoms with van der Waals surface area (Å²) in [5, 5.41) is 0. The van der Waals surface area contributed by atoms with Crippen LogP contribution in [0, 0.1) is 13.8 Å². The van der Waals surface area contributed by atoms with Crippen LogP contribution < -0.4 is 9.47 Å². The van der Waals surface area contributed by atoms with Crippen LogP contribution in [0.25, 0.3) is 0 Å². The molecule has 0 fully saturated rings. The normalized spacial score (nSPS) is 16.7. The molecule has 1 N–H and O–H groups in total. The van der Waals surface area contributed by atoms with Crippen LogP contribution in [0.3, 0.4) is 0 Å². The molecule has 1 aromatic heterocycles. The highest BCUT2D eigenvalue weighted by Crippen LogP contribution is 2.34. The largest absolute Gasteiger partial charge is 0.497 e. The molecule has 0 bridgehead atoms. The number of hydrogen-bond donors (Lipinski definition) is 1. The molecule has 3 aromatic rings. The van der Waals surface area contributed by atoms with E-state index in [0.29, 0.717) is 12.3 Å². The number of aryl methyl sites for hydroxylation is 2. The van der Waals surface area contributed by atoms with Crippen molar-refractivity contribution in [1.29, 1.82) is 0 Å². The number of fused-ring (bicyclic) bond motifs is 1. The topological polar surface area (TPSA) is 67.5 Å². The van der Waals surface area contributed by atoms with Crippen molar-refractivity contribution in [2.24, 2.45) is 0 Å². The van der Waals surface area contributed by atoms with Gasteiger partial charge in [0.15, 0.2) is 6.10 Å². The number of nitrogens with one attached hydrogen (secondary N) is 1. The third kappa shape index (κ3) is 3.77. The van der Waals surface area contributed by atoms with Gasteiger partial charge in [-0.05, 0) is 61.7 Å². The zero-order valence-corrected chi connectivity index (χ0v) is 17.8. The van der Waals surface area contributed by atoms with E-state index in [1.807, 2.05) is 61.2 Å². The maximum Gasteiger partial charge on any atom is 0.264 e. The molecule has 156 valence electrons. The van der Waals surface area contributed by atoms with Crippen molar-refractivity contribution in [2.45, 2.75) is 39.3 Å². The zero-order chi connectivity index (χ0) is 21.3. The van der Waals surface area contributed by atoms with Gasteiger partial charge in [0, 0.05) is 18.7 Å². The van der Waals surface area contributed by atoms with Gasteiger partial charge in [-0.1, -0.05) is 18.2 Å². The molecular weight excluding hydrogens is 378 g/mol. The number of rotatable bonds is 5. The number of hydrogen-bond acceptors (Lipinski definition) is 4. The van der Waals surface area contributed by atoms with Crippen molar-refractivity contribution in [2.75, 3.05) is 13.7 Å². The number of nitrogens with zero attached hydrogens (tertiary/aromatic N) is 2. The molecule has 0 aliphatic carbocycles. The van der Waals surface area contributed by atoms with Crippen LogP contribution in [-0.4, -0.2) is 40.5 Å². The summed E-state index contributed by atoms with van der Waals surface area (Å²) in [6.07, 6.45) is 1.84. The number of carbonyl (C=O) groups excluding carboxylic acids is 1. The number of benzene rings is 2. The quantitative estimate of drug-likeness (QED) is 0.697. The van der Waals surface area contributed by atoms with E-state index in [9.17, 15) is 4.79 Å². The molecule has 0 unspecified atom stereocenters. The molecule has 1 aliphatic heterocycles. The minimum Gasteiger partial charge on any atom is -0.497 e. The molecule has 6 heteroatoms. The van der Waals surface area contributed by atoms with Crippen LogP contribution in [-0.2, 0) is 11.2 Å². The summed E-state index contributed by atoms with van der Waals surface area (Å²) in [6.45, 7) is 6.51. The Bertz CT molecular complexity index is 1040. The molecule has 1 aliphatic rings. The van der Waals surface area contributed by atoms with Gasteiger partial charge in [0.1, 0.15) is 17.5 Å². The Labute approximate surface area is 176 Å². The predicted molar refractivity (Wildman–Crippen MR) is 115 cm³/mol. The van der Waals surface area contributed by atoms with Gasteiger partial charge in [-0.3, -0.25) is 4.79 Å². The molecule has 1 amide bonds. The van der Waals surface area contributed by atoms with Crippen LogP contribution in [0.15, 0.2) is 48.8 Å². The van der Waals surface area contributed by atoms with E-state index in [2.05, 4.69) is 16.9 Å². The summed E-state index contributed by atoms with van der Waals surface area (Å²) < 4.78 is 11.3. The first-order valence-electron chi connectivity index (χ1n) is 10.2. The maximum atomic E-state index is 13.4. The fourth-order valence-corrected chi connectivity index (χ4v) is 3.91. The zero-order valence-electron chi connectivity index (χ0n) is 17.8. The Hall–Kier alpha value is -3.28. The molecule has 0 radical (unpaired) electrons. The summed E-state index contributed by atoms with van der Waals surface area (Å²) in [6, 6.07) is 13.4. The van der Waals surface area contributed by atoms with Crippen LogP contribution in [0.5, 0.6) is 11.5 Å². The number of imidazole rings is 1. The van der Waals surface area contributed by atoms with Crippen LogP contribution in [0.2, 0.25) is 0 Å². The summed E-state index contributed by atoms with van der Waals surface area (Å²) in [4.78, 5) is 23.1. The van der Waals surface area contributed by atoms with Gasteiger partial charge in [-0.25, -0.2) is 4.98 Å². The fraction of sp³-hybridized carbons (Fsp3) is 0.333. The minimum atomic E-state index is -0.603. The first-order chi connectivity index (χ1) is 14.5. The second kappa shape index (κ2) is 8.22. The molecule has 0 saturated heterocycles. The van der Waals surface area contributed by atoms with E-state index in [1.165, 1.54) is 5.56 Å². The summed E-state index contributed by atoms with van der Waals surface area (Å²) in [5.41, 5.74) is 5.29. The lowest BCUT2D eigenvalue weighted by atomic mass is 9.95. The van der Waals surface area contributed by atoms with E-state index in [1.54, 1.807) is 13.4 Å². The summed E-state index contributed by atoms with van der Waals surface area (Å²) in [7, 11) is 1.64. The van der Waals surface area contributed by atoms with Crippen LogP contribution >= 0.6 is 0 Å². The van der Waals surface area contributed by atoms with E-state index < -0.39 is 6.10 Å². The molecule has 0 saturated carbocycles. The second-order valence-corrected chi connectivity index (χ2v) is 7.73. The molecule has 2 aromatic carbocycles. The number of ether oxygens (including phenoxy) is 2. The lowest BCUT2D eigenvalue weighted by Gasteiger charge is -2.36. The Kier molecular flexibility index (Phi) is 5.48. The van der Waals surface area contributed by atoms with Crippen molar-refractivity contribution in [3.05, 3.63) is 76.9 Å². The molecular formula is C24H27N3O3. The summed E-state index contributed by atoms with van der Waals surface area (Å²) >= 11 is 0. The number of aromatic amines is 1. The van der Waals surface area contributed by atoms with Crippen LogP contribution in [0.4, 0.5) is 0 Å². The minimum absolute atomic E-state index is 0.0531. The van der Waals surface area contributed by atoms with E-state index in [0.717, 1.165) is 34.7 Å². The molecule has 2 atom stereocenters. The lowest BCUT2D eigenvalue weighted by molar-refractivity contribution is -0.140. The van der Waals surface area contributed by atoms with E-state index in [4.69, 9.17) is 9.47 Å². The van der Waals surface area contributed by atoms with Crippen molar-refractivity contribution < 1.29 is 14.3 Å². The standard InChI is InChI=1S/C24H27N3O3/c1-15-5-8-20(13-16(15)2)30-17(3)24(28)27-12-11-21-22(26-14-25-21)23(27)18-6-9-19(29-4)10-7-18/h5-10,13-14,17,23H,11-12H2,1-4H3,(H,25,26)/t17-,23-/m0/s1. The fourth-order valence-electron chi connectivity index (χ4n) is 3.91. The average Bonchev–Trinajstić information content (AvgIpc) is 3.24. The highest BCUT2D eigenvalue weighted by molar-refractivity contribution is 5.82. The molecule has 30 heavy (non-hydrogen) atoms. The number of H-pyrrole nitrogens is 1. The van der Waals surface area contributed by atoms with E-state index in [-0.39, 0.29) is 11.9 Å². The van der Waals surface area contributed by atoms with Gasteiger partial charge in [0.2, 0.25) is 0 Å². The third-order valence-electron chi connectivity index (χ3n) is 5.78. The number of amides is 1. The van der Waals surface area contributed by atoms with Crippen molar-refractivity contribution in [1.82, 2.24) is 14.9 Å². The van der Waals surface area contributed by atoms with Crippen molar-refractivity contribution in [3.8, 4) is 11.5 Å². The first-order valence-corrected chi connectivity index (χ1v) is 10.2. The monoisotopic (exact) mass is 405 g/mol. The highest BCUT2D eigenvalue weighted by Gasteiger charge is 2.36. The van der Waals surface area contributed by atoms with E-state index >= 15 is 0 Å². The lowest BCUT2D eigenvalue weighted by Crippen LogP contribution is -2.46. The Morgan fingerprint density at radius 2 is 1.87 bits per heavy atom. The molecule has 2 heterocycles. The molecule has 0 spiro atoms. The second-order valence-electron chi connectivity index (χ2n) is 7.73. The average molecular weight is 405 g/mol. The van der Waals surface area contributed by atoms with Gasteiger partial charge < -0.3 is 19.4 Å². The maximum absolute atomic E-state index is 13.4. The SMILES string of the molecule is COc1ccc([C@H]2c3nc[nH]c3CCN2C(=O)[C@H](C)Oc2ccc(C)c(C)c2)cc1. The Morgan fingerprint density at radius 1 is 1.13 bits per heavy atom.